The highest BCUT2D eigenvalue weighted by atomic mass is 19.1. The first-order chi connectivity index (χ1) is 9.67. The van der Waals surface area contributed by atoms with E-state index in [1.165, 1.54) is 6.07 Å². The summed E-state index contributed by atoms with van der Waals surface area (Å²) in [5, 5.41) is 8.59. The first-order valence-electron chi connectivity index (χ1n) is 6.69. The number of nitrogens with zero attached hydrogens (tertiary/aromatic N) is 1. The lowest BCUT2D eigenvalue weighted by Crippen LogP contribution is -2.43. The molecule has 0 fully saturated rings. The van der Waals surface area contributed by atoms with E-state index in [1.807, 2.05) is 13.8 Å². The summed E-state index contributed by atoms with van der Waals surface area (Å²) in [7, 11) is 0. The number of benzene rings is 1. The first kappa shape index (κ1) is 15.9. The fourth-order valence-corrected chi connectivity index (χ4v) is 1.56. The second kappa shape index (κ2) is 8.90. The lowest BCUT2D eigenvalue weighted by atomic mass is 10.2. The highest BCUT2D eigenvalue weighted by Crippen LogP contribution is 2.07. The predicted octanol–water partition coefficient (Wildman–Crippen LogP) is 1.02. The van der Waals surface area contributed by atoms with Crippen LogP contribution in [0.3, 0.4) is 0 Å². The third-order valence-electron chi connectivity index (χ3n) is 2.50. The van der Waals surface area contributed by atoms with Gasteiger partial charge in [-0.05, 0) is 19.9 Å². The molecular weight excluding hydrogens is 259 g/mol. The number of guanidine groups is 1. The summed E-state index contributed by atoms with van der Waals surface area (Å²) in [6, 6.07) is 6.50. The SMILES string of the molecule is CCNC(=O)CNC(=NCc1ccccc1F)NCC. The first-order valence-corrected chi connectivity index (χ1v) is 6.69. The summed E-state index contributed by atoms with van der Waals surface area (Å²) >= 11 is 0. The van der Waals surface area contributed by atoms with Gasteiger partial charge in [0.2, 0.25) is 5.91 Å². The van der Waals surface area contributed by atoms with E-state index in [-0.39, 0.29) is 24.8 Å². The molecule has 1 amide bonds. The molecule has 0 aliphatic rings. The Hall–Kier alpha value is -2.11. The molecule has 5 nitrogen and oxygen atoms in total. The molecular formula is C14H21FN4O. The Kier molecular flexibility index (Phi) is 7.10. The van der Waals surface area contributed by atoms with Crippen molar-refractivity contribution in [2.75, 3.05) is 19.6 Å². The van der Waals surface area contributed by atoms with Gasteiger partial charge in [0.25, 0.3) is 0 Å². The van der Waals surface area contributed by atoms with E-state index in [0.717, 1.165) is 0 Å². The van der Waals surface area contributed by atoms with Crippen LogP contribution in [0.1, 0.15) is 19.4 Å². The summed E-state index contributed by atoms with van der Waals surface area (Å²) in [5.41, 5.74) is 0.516. The van der Waals surface area contributed by atoms with E-state index in [0.29, 0.717) is 24.6 Å². The zero-order valence-corrected chi connectivity index (χ0v) is 11.9. The summed E-state index contributed by atoms with van der Waals surface area (Å²) < 4.78 is 13.5. The van der Waals surface area contributed by atoms with Crippen LogP contribution in [0, 0.1) is 5.82 Å². The van der Waals surface area contributed by atoms with Gasteiger partial charge in [-0.3, -0.25) is 4.79 Å². The molecule has 0 aromatic heterocycles. The highest BCUT2D eigenvalue weighted by Gasteiger charge is 2.03. The fourth-order valence-electron chi connectivity index (χ4n) is 1.56. The van der Waals surface area contributed by atoms with Crippen molar-refractivity contribution in [1.82, 2.24) is 16.0 Å². The quantitative estimate of drug-likeness (QED) is 0.538. The molecule has 0 unspecified atom stereocenters. The smallest absolute Gasteiger partial charge is 0.239 e. The monoisotopic (exact) mass is 280 g/mol. The van der Waals surface area contributed by atoms with E-state index in [4.69, 9.17) is 0 Å². The summed E-state index contributed by atoms with van der Waals surface area (Å²) in [6.07, 6.45) is 0. The molecule has 1 aromatic carbocycles. The summed E-state index contributed by atoms with van der Waals surface area (Å²) in [5.74, 6) is 0.0989. The van der Waals surface area contributed by atoms with Crippen molar-refractivity contribution in [3.63, 3.8) is 0 Å². The van der Waals surface area contributed by atoms with Crippen LogP contribution >= 0.6 is 0 Å². The Morgan fingerprint density at radius 1 is 1.15 bits per heavy atom. The average Bonchev–Trinajstić information content (AvgIpc) is 2.44. The van der Waals surface area contributed by atoms with Gasteiger partial charge in [-0.15, -0.1) is 0 Å². The maximum atomic E-state index is 13.5. The van der Waals surface area contributed by atoms with Crippen molar-refractivity contribution >= 4 is 11.9 Å². The maximum Gasteiger partial charge on any atom is 0.239 e. The van der Waals surface area contributed by atoms with Crippen LogP contribution in [-0.4, -0.2) is 31.5 Å². The van der Waals surface area contributed by atoms with E-state index in [2.05, 4.69) is 20.9 Å². The average molecular weight is 280 g/mol. The molecule has 0 heterocycles. The maximum absolute atomic E-state index is 13.5. The number of carbonyl (C=O) groups excluding carboxylic acids is 1. The molecule has 0 spiro atoms. The molecule has 0 aliphatic carbocycles. The summed E-state index contributed by atoms with van der Waals surface area (Å²) in [6.45, 7) is 5.39. The lowest BCUT2D eigenvalue weighted by Gasteiger charge is -2.11. The Labute approximate surface area is 118 Å². The number of aliphatic imine (C=N–C) groups is 1. The Morgan fingerprint density at radius 2 is 1.85 bits per heavy atom. The molecule has 0 saturated carbocycles. The second-order valence-corrected chi connectivity index (χ2v) is 4.09. The topological polar surface area (TPSA) is 65.5 Å². The largest absolute Gasteiger partial charge is 0.357 e. The lowest BCUT2D eigenvalue weighted by molar-refractivity contribution is -0.119. The molecule has 0 atom stereocenters. The van der Waals surface area contributed by atoms with Crippen molar-refractivity contribution < 1.29 is 9.18 Å². The number of carbonyl (C=O) groups is 1. The van der Waals surface area contributed by atoms with E-state index in [9.17, 15) is 9.18 Å². The number of hydrogen-bond donors (Lipinski definition) is 3. The van der Waals surface area contributed by atoms with Gasteiger partial charge in [-0.2, -0.15) is 0 Å². The molecule has 110 valence electrons. The van der Waals surface area contributed by atoms with Crippen LogP contribution < -0.4 is 16.0 Å². The van der Waals surface area contributed by atoms with E-state index >= 15 is 0 Å². The highest BCUT2D eigenvalue weighted by molar-refractivity contribution is 5.86. The second-order valence-electron chi connectivity index (χ2n) is 4.09. The van der Waals surface area contributed by atoms with Crippen molar-refractivity contribution in [2.24, 2.45) is 4.99 Å². The number of halogens is 1. The fraction of sp³-hybridized carbons (Fsp3) is 0.429. The van der Waals surface area contributed by atoms with Crippen LogP contribution in [0.5, 0.6) is 0 Å². The van der Waals surface area contributed by atoms with Gasteiger partial charge in [0.1, 0.15) is 5.82 Å². The molecule has 0 aliphatic heterocycles. The van der Waals surface area contributed by atoms with Crippen LogP contribution in [0.2, 0.25) is 0 Å². The van der Waals surface area contributed by atoms with Crippen LogP contribution in [-0.2, 0) is 11.3 Å². The van der Waals surface area contributed by atoms with Gasteiger partial charge < -0.3 is 16.0 Å². The van der Waals surface area contributed by atoms with Gasteiger partial charge in [0.15, 0.2) is 5.96 Å². The third kappa shape index (κ3) is 5.69. The molecule has 3 N–H and O–H groups in total. The minimum absolute atomic E-state index is 0.107. The minimum atomic E-state index is -0.282. The molecule has 0 saturated heterocycles. The van der Waals surface area contributed by atoms with Gasteiger partial charge in [0.05, 0.1) is 13.1 Å². The molecule has 1 aromatic rings. The number of hydrogen-bond acceptors (Lipinski definition) is 2. The Balaban J connectivity index is 2.58. The minimum Gasteiger partial charge on any atom is -0.357 e. The molecule has 20 heavy (non-hydrogen) atoms. The van der Waals surface area contributed by atoms with Crippen molar-refractivity contribution in [2.45, 2.75) is 20.4 Å². The van der Waals surface area contributed by atoms with E-state index < -0.39 is 0 Å². The molecule has 0 bridgehead atoms. The van der Waals surface area contributed by atoms with Gasteiger partial charge in [-0.25, -0.2) is 9.38 Å². The zero-order valence-electron chi connectivity index (χ0n) is 11.9. The number of rotatable bonds is 6. The standard InChI is InChI=1S/C14H21FN4O/c1-3-16-13(20)10-19-14(17-4-2)18-9-11-7-5-6-8-12(11)15/h5-8H,3-4,9-10H2,1-2H3,(H,16,20)(H2,17,18,19). The Morgan fingerprint density at radius 3 is 2.50 bits per heavy atom. The van der Waals surface area contributed by atoms with Gasteiger partial charge >= 0.3 is 0 Å². The predicted molar refractivity (Wildman–Crippen MR) is 77.9 cm³/mol. The van der Waals surface area contributed by atoms with Gasteiger partial charge in [0, 0.05) is 18.7 Å². The normalized spacial score (nSPS) is 11.1. The molecule has 6 heteroatoms. The van der Waals surface area contributed by atoms with Crippen molar-refractivity contribution in [1.29, 1.82) is 0 Å². The van der Waals surface area contributed by atoms with Gasteiger partial charge in [-0.1, -0.05) is 18.2 Å². The van der Waals surface area contributed by atoms with E-state index in [1.54, 1.807) is 18.2 Å². The zero-order chi connectivity index (χ0) is 14.8. The molecule has 0 radical (unpaired) electrons. The number of amides is 1. The van der Waals surface area contributed by atoms with Crippen LogP contribution in [0.15, 0.2) is 29.3 Å². The molecule has 1 rings (SSSR count). The van der Waals surface area contributed by atoms with Crippen LogP contribution in [0.25, 0.3) is 0 Å². The van der Waals surface area contributed by atoms with Crippen LogP contribution in [0.4, 0.5) is 4.39 Å². The Bertz CT molecular complexity index is 462. The summed E-state index contributed by atoms with van der Waals surface area (Å²) in [4.78, 5) is 15.6. The number of likely N-dealkylation sites (N-methyl/N-ethyl adjacent to an activating group) is 1. The third-order valence-corrected chi connectivity index (χ3v) is 2.50. The number of nitrogens with one attached hydrogen (secondary N) is 3. The van der Waals surface area contributed by atoms with Crippen molar-refractivity contribution in [3.05, 3.63) is 35.6 Å². The van der Waals surface area contributed by atoms with Crippen molar-refractivity contribution in [3.8, 4) is 0 Å².